The summed E-state index contributed by atoms with van der Waals surface area (Å²) in [5.74, 6) is 0.956. The molecule has 3 heterocycles. The summed E-state index contributed by atoms with van der Waals surface area (Å²) >= 11 is 6.15. The van der Waals surface area contributed by atoms with Gasteiger partial charge in [-0.25, -0.2) is 9.67 Å². The number of fused-ring (bicyclic) bond motifs is 1. The molecule has 2 aromatic carbocycles. The summed E-state index contributed by atoms with van der Waals surface area (Å²) in [7, 11) is 0. The zero-order valence-electron chi connectivity index (χ0n) is 17.7. The molecule has 0 bridgehead atoms. The fraction of sp³-hybridized carbons (Fsp3) is 0.348. The third-order valence-electron chi connectivity index (χ3n) is 5.89. The summed E-state index contributed by atoms with van der Waals surface area (Å²) in [6, 6.07) is 11.8. The standard InChI is InChI=1S/C23H25ClN6O2/c24-19-2-3-21(30-16-25-15-26-30)20(12-19)27-23(31)14-29-8-6-28(7-9-29)13-17-1-4-22-18(11-17)5-10-32-22/h1-4,11-12,15-16H,5-10,13-14H2,(H,27,31). The lowest BCUT2D eigenvalue weighted by Crippen LogP contribution is -2.48. The molecule has 1 saturated heterocycles. The fourth-order valence-electron chi connectivity index (χ4n) is 4.24. The van der Waals surface area contributed by atoms with Crippen LogP contribution in [0.4, 0.5) is 5.69 Å². The molecule has 0 spiro atoms. The van der Waals surface area contributed by atoms with Crippen molar-refractivity contribution in [1.29, 1.82) is 0 Å². The highest BCUT2D eigenvalue weighted by atomic mass is 35.5. The van der Waals surface area contributed by atoms with Crippen molar-refractivity contribution in [2.75, 3.05) is 44.6 Å². The van der Waals surface area contributed by atoms with E-state index in [1.807, 2.05) is 6.07 Å². The Balaban J connectivity index is 1.14. The fourth-order valence-corrected chi connectivity index (χ4v) is 4.41. The number of amides is 1. The van der Waals surface area contributed by atoms with E-state index in [1.54, 1.807) is 23.1 Å². The second-order valence-electron chi connectivity index (χ2n) is 8.14. The van der Waals surface area contributed by atoms with Gasteiger partial charge in [-0.2, -0.15) is 5.10 Å². The highest BCUT2D eigenvalue weighted by Crippen LogP contribution is 2.27. The van der Waals surface area contributed by atoms with Crippen molar-refractivity contribution < 1.29 is 9.53 Å². The molecule has 9 heteroatoms. The van der Waals surface area contributed by atoms with Crippen LogP contribution >= 0.6 is 11.6 Å². The molecule has 166 valence electrons. The van der Waals surface area contributed by atoms with E-state index < -0.39 is 0 Å². The summed E-state index contributed by atoms with van der Waals surface area (Å²) in [6.45, 7) is 5.63. The molecule has 0 unspecified atom stereocenters. The van der Waals surface area contributed by atoms with Crippen LogP contribution in [0.1, 0.15) is 11.1 Å². The van der Waals surface area contributed by atoms with E-state index in [-0.39, 0.29) is 5.91 Å². The Hall–Kier alpha value is -2.94. The van der Waals surface area contributed by atoms with Gasteiger partial charge in [0.15, 0.2) is 0 Å². The number of piperazine rings is 1. The van der Waals surface area contributed by atoms with Crippen LogP contribution in [0.3, 0.4) is 0 Å². The van der Waals surface area contributed by atoms with Gasteiger partial charge >= 0.3 is 0 Å². The van der Waals surface area contributed by atoms with Crippen LogP contribution < -0.4 is 10.1 Å². The Kier molecular flexibility index (Phi) is 6.07. The summed E-state index contributed by atoms with van der Waals surface area (Å²) in [4.78, 5) is 21.3. The van der Waals surface area contributed by atoms with E-state index in [2.05, 4.69) is 43.4 Å². The van der Waals surface area contributed by atoms with E-state index in [9.17, 15) is 4.79 Å². The van der Waals surface area contributed by atoms with Crippen LogP contribution in [0.25, 0.3) is 5.69 Å². The van der Waals surface area contributed by atoms with E-state index in [4.69, 9.17) is 16.3 Å². The molecule has 0 saturated carbocycles. The molecule has 1 amide bonds. The van der Waals surface area contributed by atoms with E-state index >= 15 is 0 Å². The molecule has 3 aromatic rings. The molecule has 0 radical (unpaired) electrons. The zero-order chi connectivity index (χ0) is 21.9. The minimum absolute atomic E-state index is 0.0688. The van der Waals surface area contributed by atoms with Gasteiger partial charge in [-0.05, 0) is 35.4 Å². The van der Waals surface area contributed by atoms with Gasteiger partial charge in [-0.3, -0.25) is 14.6 Å². The highest BCUT2D eigenvalue weighted by Gasteiger charge is 2.21. The summed E-state index contributed by atoms with van der Waals surface area (Å²) in [5, 5.41) is 7.68. The molecule has 1 N–H and O–H groups in total. The van der Waals surface area contributed by atoms with Gasteiger partial charge in [0.1, 0.15) is 18.4 Å². The first-order valence-electron chi connectivity index (χ1n) is 10.8. The van der Waals surface area contributed by atoms with Crippen molar-refractivity contribution in [3.63, 3.8) is 0 Å². The maximum Gasteiger partial charge on any atom is 0.238 e. The number of anilines is 1. The number of hydrogen-bond acceptors (Lipinski definition) is 6. The lowest BCUT2D eigenvalue weighted by Gasteiger charge is -2.34. The summed E-state index contributed by atoms with van der Waals surface area (Å²) in [5.41, 5.74) is 3.98. The van der Waals surface area contributed by atoms with Crippen LogP contribution in [0, 0.1) is 0 Å². The Labute approximate surface area is 191 Å². The third-order valence-corrected chi connectivity index (χ3v) is 6.13. The number of halogens is 1. The number of aromatic nitrogens is 3. The normalized spacial score (nSPS) is 16.5. The van der Waals surface area contributed by atoms with Gasteiger partial charge < -0.3 is 10.1 Å². The number of ether oxygens (including phenoxy) is 1. The zero-order valence-corrected chi connectivity index (χ0v) is 18.5. The Morgan fingerprint density at radius 1 is 1.09 bits per heavy atom. The predicted octanol–water partition coefficient (Wildman–Crippen LogP) is 2.61. The quantitative estimate of drug-likeness (QED) is 0.619. The monoisotopic (exact) mass is 452 g/mol. The first kappa shape index (κ1) is 20.9. The number of benzene rings is 2. The third kappa shape index (κ3) is 4.77. The Bertz CT molecular complexity index is 1100. The molecule has 5 rings (SSSR count). The van der Waals surface area contributed by atoms with E-state index in [0.717, 1.165) is 57.2 Å². The minimum Gasteiger partial charge on any atom is -0.493 e. The van der Waals surface area contributed by atoms with Gasteiger partial charge in [-0.1, -0.05) is 23.7 Å². The molecule has 0 atom stereocenters. The van der Waals surface area contributed by atoms with Crippen LogP contribution in [0.2, 0.25) is 5.02 Å². The van der Waals surface area contributed by atoms with E-state index in [0.29, 0.717) is 17.3 Å². The second-order valence-corrected chi connectivity index (χ2v) is 8.58. The largest absolute Gasteiger partial charge is 0.493 e. The van der Waals surface area contributed by atoms with Crippen molar-refractivity contribution in [3.05, 3.63) is 65.2 Å². The number of nitrogens with zero attached hydrogens (tertiary/aromatic N) is 5. The van der Waals surface area contributed by atoms with Crippen molar-refractivity contribution in [2.45, 2.75) is 13.0 Å². The van der Waals surface area contributed by atoms with Crippen LogP contribution in [-0.4, -0.2) is 69.8 Å². The van der Waals surface area contributed by atoms with Gasteiger partial charge in [-0.15, -0.1) is 0 Å². The van der Waals surface area contributed by atoms with Gasteiger partial charge in [0.05, 0.1) is 24.5 Å². The van der Waals surface area contributed by atoms with Crippen molar-refractivity contribution >= 4 is 23.2 Å². The van der Waals surface area contributed by atoms with Crippen LogP contribution in [0.5, 0.6) is 5.75 Å². The number of carbonyl (C=O) groups is 1. The minimum atomic E-state index is -0.0688. The summed E-state index contributed by atoms with van der Waals surface area (Å²) in [6.07, 6.45) is 4.04. The molecule has 8 nitrogen and oxygen atoms in total. The molecule has 1 aromatic heterocycles. The average Bonchev–Trinajstić information content (AvgIpc) is 3.47. The molecular formula is C23H25ClN6O2. The maximum absolute atomic E-state index is 12.7. The SMILES string of the molecule is O=C(CN1CCN(Cc2ccc3c(c2)CCO3)CC1)Nc1cc(Cl)ccc1-n1cncn1. The number of carbonyl (C=O) groups excluding carboxylic acids is 1. The highest BCUT2D eigenvalue weighted by molar-refractivity contribution is 6.31. The lowest BCUT2D eigenvalue weighted by atomic mass is 10.1. The maximum atomic E-state index is 12.7. The first-order valence-corrected chi connectivity index (χ1v) is 11.2. The number of hydrogen-bond donors (Lipinski definition) is 1. The van der Waals surface area contributed by atoms with Gasteiger partial charge in [0.2, 0.25) is 5.91 Å². The molecule has 2 aliphatic heterocycles. The van der Waals surface area contributed by atoms with E-state index in [1.165, 1.54) is 17.5 Å². The molecule has 2 aliphatic rings. The van der Waals surface area contributed by atoms with Gasteiger partial charge in [0, 0.05) is 44.2 Å². The van der Waals surface area contributed by atoms with Crippen molar-refractivity contribution in [2.24, 2.45) is 0 Å². The van der Waals surface area contributed by atoms with Gasteiger partial charge in [0.25, 0.3) is 0 Å². The number of rotatable bonds is 6. The molecular weight excluding hydrogens is 428 g/mol. The average molecular weight is 453 g/mol. The van der Waals surface area contributed by atoms with Crippen molar-refractivity contribution in [1.82, 2.24) is 24.6 Å². The smallest absolute Gasteiger partial charge is 0.238 e. The number of nitrogens with one attached hydrogen (secondary N) is 1. The van der Waals surface area contributed by atoms with Crippen LogP contribution in [-0.2, 0) is 17.8 Å². The van der Waals surface area contributed by atoms with Crippen LogP contribution in [0.15, 0.2) is 49.1 Å². The molecule has 0 aliphatic carbocycles. The second kappa shape index (κ2) is 9.28. The Morgan fingerprint density at radius 3 is 2.75 bits per heavy atom. The first-order chi connectivity index (χ1) is 15.6. The van der Waals surface area contributed by atoms with Crippen molar-refractivity contribution in [3.8, 4) is 11.4 Å². The summed E-state index contributed by atoms with van der Waals surface area (Å²) < 4.78 is 7.21. The Morgan fingerprint density at radius 2 is 1.94 bits per heavy atom. The topological polar surface area (TPSA) is 75.5 Å². The molecule has 32 heavy (non-hydrogen) atoms. The predicted molar refractivity (Wildman–Crippen MR) is 122 cm³/mol. The molecule has 1 fully saturated rings. The lowest BCUT2D eigenvalue weighted by molar-refractivity contribution is -0.117.